The van der Waals surface area contributed by atoms with Crippen molar-refractivity contribution in [1.82, 2.24) is 0 Å². The summed E-state index contributed by atoms with van der Waals surface area (Å²) < 4.78 is 10.8. The van der Waals surface area contributed by atoms with Crippen LogP contribution in [0.15, 0.2) is 18.2 Å². The van der Waals surface area contributed by atoms with Crippen molar-refractivity contribution in [2.24, 2.45) is 0 Å². The van der Waals surface area contributed by atoms with Crippen LogP contribution in [0.3, 0.4) is 0 Å². The Kier molecular flexibility index (Phi) is 4.27. The molecule has 1 amide bonds. The van der Waals surface area contributed by atoms with Gasteiger partial charge in [0.05, 0.1) is 24.9 Å². The maximum atomic E-state index is 11.1. The van der Waals surface area contributed by atoms with Gasteiger partial charge in [-0.05, 0) is 25.5 Å². The zero-order valence-electron chi connectivity index (χ0n) is 11.5. The van der Waals surface area contributed by atoms with Gasteiger partial charge in [0.1, 0.15) is 5.75 Å². The molecule has 0 radical (unpaired) electrons. The Morgan fingerprint density at radius 3 is 2.84 bits per heavy atom. The van der Waals surface area contributed by atoms with Crippen molar-refractivity contribution in [2.75, 3.05) is 24.4 Å². The molecule has 0 bridgehead atoms. The highest BCUT2D eigenvalue weighted by Crippen LogP contribution is 2.29. The minimum absolute atomic E-state index is 0.114. The number of benzene rings is 1. The van der Waals surface area contributed by atoms with Gasteiger partial charge in [-0.1, -0.05) is 0 Å². The Morgan fingerprint density at radius 2 is 2.26 bits per heavy atom. The van der Waals surface area contributed by atoms with Crippen LogP contribution in [-0.2, 0) is 9.53 Å². The molecule has 1 aliphatic rings. The van der Waals surface area contributed by atoms with E-state index < -0.39 is 0 Å². The minimum Gasteiger partial charge on any atom is -0.494 e. The predicted octanol–water partition coefficient (Wildman–Crippen LogP) is 2.24. The summed E-state index contributed by atoms with van der Waals surface area (Å²) in [4.78, 5) is 11.1. The van der Waals surface area contributed by atoms with Crippen LogP contribution in [0.4, 0.5) is 11.4 Å². The van der Waals surface area contributed by atoms with Crippen LogP contribution in [0.5, 0.6) is 5.75 Å². The molecule has 19 heavy (non-hydrogen) atoms. The quantitative estimate of drug-likeness (QED) is 0.875. The van der Waals surface area contributed by atoms with Crippen LogP contribution >= 0.6 is 0 Å². The molecule has 2 atom stereocenters. The summed E-state index contributed by atoms with van der Waals surface area (Å²) in [5.74, 6) is 0.531. The molecule has 0 aliphatic carbocycles. The number of hydrogen-bond donors (Lipinski definition) is 2. The smallest absolute Gasteiger partial charge is 0.221 e. The van der Waals surface area contributed by atoms with Crippen molar-refractivity contribution in [2.45, 2.75) is 32.4 Å². The van der Waals surface area contributed by atoms with E-state index in [1.807, 2.05) is 18.2 Å². The van der Waals surface area contributed by atoms with Crippen LogP contribution in [0.1, 0.15) is 20.3 Å². The fourth-order valence-electron chi connectivity index (χ4n) is 2.21. The molecule has 1 heterocycles. The molecule has 104 valence electrons. The molecule has 1 aromatic rings. The maximum Gasteiger partial charge on any atom is 0.221 e. The van der Waals surface area contributed by atoms with Gasteiger partial charge in [-0.2, -0.15) is 0 Å². The van der Waals surface area contributed by atoms with Crippen molar-refractivity contribution in [3.63, 3.8) is 0 Å². The monoisotopic (exact) mass is 264 g/mol. The van der Waals surface area contributed by atoms with Gasteiger partial charge in [0.25, 0.3) is 0 Å². The number of amides is 1. The van der Waals surface area contributed by atoms with Crippen LogP contribution < -0.4 is 15.4 Å². The molecular formula is C14H20N2O3. The summed E-state index contributed by atoms with van der Waals surface area (Å²) in [5.41, 5.74) is 1.64. The number of hydrogen-bond acceptors (Lipinski definition) is 4. The van der Waals surface area contributed by atoms with E-state index >= 15 is 0 Å². The van der Waals surface area contributed by atoms with E-state index in [0.717, 1.165) is 18.7 Å². The molecule has 1 fully saturated rings. The van der Waals surface area contributed by atoms with Gasteiger partial charge in [-0.15, -0.1) is 0 Å². The molecule has 2 rings (SSSR count). The molecule has 1 aromatic carbocycles. The van der Waals surface area contributed by atoms with Crippen molar-refractivity contribution in [1.29, 1.82) is 0 Å². The van der Waals surface area contributed by atoms with Crippen LogP contribution in [-0.4, -0.2) is 31.8 Å². The van der Waals surface area contributed by atoms with Gasteiger partial charge in [0, 0.05) is 25.3 Å². The Labute approximate surface area is 113 Å². The van der Waals surface area contributed by atoms with E-state index in [9.17, 15) is 4.79 Å². The number of rotatable bonds is 4. The average molecular weight is 264 g/mol. The van der Waals surface area contributed by atoms with Gasteiger partial charge in [-0.25, -0.2) is 0 Å². The zero-order valence-corrected chi connectivity index (χ0v) is 11.5. The fourth-order valence-corrected chi connectivity index (χ4v) is 2.21. The lowest BCUT2D eigenvalue weighted by atomic mass is 10.1. The first kappa shape index (κ1) is 13.7. The Bertz CT molecular complexity index is 462. The Balaban J connectivity index is 2.12. The highest BCUT2D eigenvalue weighted by Gasteiger charge is 2.24. The summed E-state index contributed by atoms with van der Waals surface area (Å²) in [6.45, 7) is 4.33. The van der Waals surface area contributed by atoms with Gasteiger partial charge >= 0.3 is 0 Å². The molecule has 2 N–H and O–H groups in total. The van der Waals surface area contributed by atoms with Gasteiger partial charge in [-0.3, -0.25) is 4.79 Å². The second-order valence-corrected chi connectivity index (χ2v) is 4.71. The third kappa shape index (κ3) is 3.38. The molecule has 0 aromatic heterocycles. The second kappa shape index (κ2) is 5.93. The molecule has 0 saturated carbocycles. The molecule has 5 nitrogen and oxygen atoms in total. The highest BCUT2D eigenvalue weighted by molar-refractivity contribution is 5.90. The molecule has 1 aliphatic heterocycles. The summed E-state index contributed by atoms with van der Waals surface area (Å²) in [6, 6.07) is 5.97. The number of carbonyl (C=O) groups excluding carboxylic acids is 1. The summed E-state index contributed by atoms with van der Waals surface area (Å²) in [7, 11) is 1.59. The predicted molar refractivity (Wildman–Crippen MR) is 74.7 cm³/mol. The molecule has 2 unspecified atom stereocenters. The topological polar surface area (TPSA) is 59.6 Å². The number of anilines is 2. The molecule has 1 saturated heterocycles. The van der Waals surface area contributed by atoms with E-state index in [2.05, 4.69) is 17.6 Å². The zero-order chi connectivity index (χ0) is 13.8. The van der Waals surface area contributed by atoms with Gasteiger partial charge in [0.15, 0.2) is 0 Å². The molecule has 5 heteroatoms. The number of ether oxygens (including phenoxy) is 2. The maximum absolute atomic E-state index is 11.1. The Hall–Kier alpha value is -1.75. The van der Waals surface area contributed by atoms with Crippen molar-refractivity contribution in [3.05, 3.63) is 18.2 Å². The second-order valence-electron chi connectivity index (χ2n) is 4.71. The normalized spacial score (nSPS) is 22.1. The van der Waals surface area contributed by atoms with Crippen molar-refractivity contribution < 1.29 is 14.3 Å². The molecule has 0 spiro atoms. The number of nitrogens with one attached hydrogen (secondary N) is 2. The highest BCUT2D eigenvalue weighted by atomic mass is 16.5. The van der Waals surface area contributed by atoms with E-state index in [1.165, 1.54) is 6.92 Å². The third-order valence-electron chi connectivity index (χ3n) is 3.24. The summed E-state index contributed by atoms with van der Waals surface area (Å²) in [6.07, 6.45) is 1.21. The lowest BCUT2D eigenvalue weighted by molar-refractivity contribution is -0.114. The third-order valence-corrected chi connectivity index (χ3v) is 3.24. The number of methoxy groups -OCH3 is 1. The lowest BCUT2D eigenvalue weighted by Gasteiger charge is -2.18. The first-order valence-electron chi connectivity index (χ1n) is 6.44. The SMILES string of the molecule is COc1cc(NC2CCOC2C)ccc1NC(C)=O. The fraction of sp³-hybridized carbons (Fsp3) is 0.500. The number of carbonyl (C=O) groups is 1. The van der Waals surface area contributed by atoms with E-state index in [1.54, 1.807) is 7.11 Å². The van der Waals surface area contributed by atoms with Crippen LogP contribution in [0, 0.1) is 0 Å². The minimum atomic E-state index is -0.114. The van der Waals surface area contributed by atoms with E-state index in [4.69, 9.17) is 9.47 Å². The van der Waals surface area contributed by atoms with Gasteiger partial charge < -0.3 is 20.1 Å². The standard InChI is InChI=1S/C14H20N2O3/c1-9-12(6-7-19-9)16-11-4-5-13(15-10(2)17)14(8-11)18-3/h4-5,8-9,12,16H,6-7H2,1-3H3,(H,15,17). The molecular weight excluding hydrogens is 244 g/mol. The van der Waals surface area contributed by atoms with Crippen molar-refractivity contribution in [3.8, 4) is 5.75 Å². The van der Waals surface area contributed by atoms with E-state index in [-0.39, 0.29) is 12.0 Å². The van der Waals surface area contributed by atoms with Crippen molar-refractivity contribution >= 4 is 17.3 Å². The summed E-state index contributed by atoms with van der Waals surface area (Å²) in [5, 5.41) is 6.17. The first-order valence-corrected chi connectivity index (χ1v) is 6.44. The lowest BCUT2D eigenvalue weighted by Crippen LogP contribution is -2.26. The largest absolute Gasteiger partial charge is 0.494 e. The Morgan fingerprint density at radius 1 is 1.47 bits per heavy atom. The van der Waals surface area contributed by atoms with Crippen LogP contribution in [0.25, 0.3) is 0 Å². The summed E-state index contributed by atoms with van der Waals surface area (Å²) >= 11 is 0. The van der Waals surface area contributed by atoms with Gasteiger partial charge in [0.2, 0.25) is 5.91 Å². The average Bonchev–Trinajstić information content (AvgIpc) is 2.76. The van der Waals surface area contributed by atoms with Crippen LogP contribution in [0.2, 0.25) is 0 Å². The van der Waals surface area contributed by atoms with E-state index in [0.29, 0.717) is 17.5 Å². The first-order chi connectivity index (χ1) is 9.10.